The van der Waals surface area contributed by atoms with Crippen LogP contribution < -0.4 is 9.46 Å². The van der Waals surface area contributed by atoms with E-state index >= 15 is 4.79 Å². The number of nitrogens with one attached hydrogen (secondary N) is 1. The highest BCUT2D eigenvalue weighted by molar-refractivity contribution is 7.90. The van der Waals surface area contributed by atoms with Gasteiger partial charge in [-0.1, -0.05) is 51.3 Å². The second-order valence-electron chi connectivity index (χ2n) is 17.0. The van der Waals surface area contributed by atoms with Gasteiger partial charge in [0.2, 0.25) is 15.9 Å². The molecule has 9 rings (SSSR count). The zero-order valence-corrected chi connectivity index (χ0v) is 31.1. The van der Waals surface area contributed by atoms with E-state index in [2.05, 4.69) is 56.5 Å². The van der Waals surface area contributed by atoms with Gasteiger partial charge in [0.15, 0.2) is 0 Å². The fourth-order valence-electron chi connectivity index (χ4n) is 11.1. The molecule has 4 aliphatic heterocycles. The molecule has 4 atom stereocenters. The number of rotatable bonds is 7. The molecule has 7 aliphatic rings. The van der Waals surface area contributed by atoms with E-state index in [1.807, 2.05) is 13.8 Å². The quantitative estimate of drug-likeness (QED) is 0.436. The molecule has 0 spiro atoms. The van der Waals surface area contributed by atoms with Crippen molar-refractivity contribution in [1.29, 1.82) is 0 Å². The lowest BCUT2D eigenvalue weighted by Gasteiger charge is -2.34. The molecule has 2 amide bonds. The van der Waals surface area contributed by atoms with E-state index in [-0.39, 0.29) is 40.2 Å². The highest BCUT2D eigenvalue weighted by atomic mass is 32.2. The Balaban J connectivity index is 1.17. The summed E-state index contributed by atoms with van der Waals surface area (Å²) in [7, 11) is 0.0739. The summed E-state index contributed by atoms with van der Waals surface area (Å²) in [5, 5.41) is 1.04. The van der Waals surface area contributed by atoms with Gasteiger partial charge in [-0.15, -0.1) is 0 Å². The molecular formula is C40H50N4O6S. The van der Waals surface area contributed by atoms with E-state index < -0.39 is 15.9 Å². The van der Waals surface area contributed by atoms with Crippen molar-refractivity contribution < 1.29 is 27.5 Å². The Kier molecular flexibility index (Phi) is 7.73. The average Bonchev–Trinajstić information content (AvgIpc) is 3.22. The van der Waals surface area contributed by atoms with Gasteiger partial charge < -0.3 is 23.8 Å². The van der Waals surface area contributed by atoms with Crippen LogP contribution in [0, 0.1) is 22.7 Å². The normalized spacial score (nSPS) is 30.3. The van der Waals surface area contributed by atoms with E-state index in [4.69, 9.17) is 9.47 Å². The fraction of sp³-hybridized carbons (Fsp3) is 0.600. The maximum atomic E-state index is 15.0. The van der Waals surface area contributed by atoms with Crippen molar-refractivity contribution in [2.45, 2.75) is 70.8 Å². The van der Waals surface area contributed by atoms with Crippen LogP contribution in [0.4, 0.5) is 0 Å². The molecule has 5 heterocycles. The molecule has 4 fully saturated rings. The number of carbonyl (C=O) groups excluding carboxylic acids is 2. The molecule has 272 valence electrons. The predicted octanol–water partition coefficient (Wildman–Crippen LogP) is 4.87. The van der Waals surface area contributed by atoms with Crippen molar-refractivity contribution in [2.75, 3.05) is 59.3 Å². The van der Waals surface area contributed by atoms with E-state index in [0.717, 1.165) is 65.0 Å². The molecule has 1 saturated carbocycles. The van der Waals surface area contributed by atoms with Gasteiger partial charge in [0.05, 0.1) is 43.1 Å². The Morgan fingerprint density at radius 3 is 2.47 bits per heavy atom. The van der Waals surface area contributed by atoms with Crippen LogP contribution >= 0.6 is 0 Å². The van der Waals surface area contributed by atoms with E-state index in [9.17, 15) is 13.2 Å². The third-order valence-electron chi connectivity index (χ3n) is 13.2. The smallest absolute Gasteiger partial charge is 0.265 e. The monoisotopic (exact) mass is 714 g/mol. The van der Waals surface area contributed by atoms with Crippen LogP contribution in [0.3, 0.4) is 0 Å². The van der Waals surface area contributed by atoms with Gasteiger partial charge in [-0.25, -0.2) is 13.1 Å². The Morgan fingerprint density at radius 1 is 1.06 bits per heavy atom. The highest BCUT2D eigenvalue weighted by Crippen LogP contribution is 2.58. The summed E-state index contributed by atoms with van der Waals surface area (Å²) in [6.45, 7) is 8.74. The van der Waals surface area contributed by atoms with Crippen molar-refractivity contribution in [3.8, 4) is 5.75 Å². The predicted molar refractivity (Wildman–Crippen MR) is 195 cm³/mol. The zero-order valence-electron chi connectivity index (χ0n) is 30.3. The Hall–Kier alpha value is -3.41. The van der Waals surface area contributed by atoms with E-state index in [0.29, 0.717) is 50.8 Å². The molecule has 3 saturated heterocycles. The van der Waals surface area contributed by atoms with Gasteiger partial charge in [-0.3, -0.25) is 9.59 Å². The lowest BCUT2D eigenvalue weighted by molar-refractivity contribution is -0.136. The number of sulfonamides is 1. The summed E-state index contributed by atoms with van der Waals surface area (Å²) < 4.78 is 42.7. The summed E-state index contributed by atoms with van der Waals surface area (Å²) in [5.74, 6) is -0.0764. The number of hydrogen-bond acceptors (Lipinski definition) is 7. The van der Waals surface area contributed by atoms with Gasteiger partial charge in [0.25, 0.3) is 5.91 Å². The molecule has 3 aliphatic carbocycles. The Labute approximate surface area is 300 Å². The average molecular weight is 715 g/mol. The van der Waals surface area contributed by atoms with Crippen LogP contribution in [-0.2, 0) is 30.9 Å². The van der Waals surface area contributed by atoms with Crippen molar-refractivity contribution in [3.63, 3.8) is 0 Å². The number of allylic oxidation sites excluding steroid dienone is 4. The number of benzene rings is 1. The van der Waals surface area contributed by atoms with Crippen molar-refractivity contribution >= 4 is 32.7 Å². The Bertz CT molecular complexity index is 2030. The van der Waals surface area contributed by atoms with Gasteiger partial charge in [0, 0.05) is 60.6 Å². The fourth-order valence-corrected chi connectivity index (χ4v) is 12.5. The number of amides is 2. The minimum atomic E-state index is -3.81. The number of methoxy groups -OCH3 is 1. The molecule has 0 radical (unpaired) electrons. The second-order valence-corrected chi connectivity index (χ2v) is 18.8. The summed E-state index contributed by atoms with van der Waals surface area (Å²) in [6, 6.07) is 6.56. The number of likely N-dealkylation sites (tertiary alicyclic amines) is 2. The van der Waals surface area contributed by atoms with Gasteiger partial charge in [-0.2, -0.15) is 0 Å². The molecule has 1 aromatic carbocycles. The summed E-state index contributed by atoms with van der Waals surface area (Å²) >= 11 is 0. The number of hydrogen-bond donors (Lipinski definition) is 1. The third-order valence-corrected chi connectivity index (χ3v) is 14.8. The van der Waals surface area contributed by atoms with Crippen LogP contribution in [0.15, 0.2) is 52.6 Å². The molecule has 1 N–H and O–H groups in total. The minimum Gasteiger partial charge on any atom is -0.496 e. The molecule has 1 aromatic heterocycles. The summed E-state index contributed by atoms with van der Waals surface area (Å²) in [6.07, 6.45) is 10.7. The summed E-state index contributed by atoms with van der Waals surface area (Å²) in [4.78, 5) is 33.4. The lowest BCUT2D eigenvalue weighted by Crippen LogP contribution is -2.43. The first-order chi connectivity index (χ1) is 24.4. The third kappa shape index (κ3) is 5.11. The zero-order chi connectivity index (χ0) is 35.4. The number of nitrogens with zero attached hydrogens (tertiary/aromatic N) is 3. The minimum absolute atomic E-state index is 0.0399. The van der Waals surface area contributed by atoms with E-state index in [1.54, 1.807) is 7.11 Å². The molecule has 2 aromatic rings. The molecule has 3 unspecified atom stereocenters. The maximum Gasteiger partial charge on any atom is 0.265 e. The van der Waals surface area contributed by atoms with Crippen LogP contribution in [0.25, 0.3) is 10.9 Å². The van der Waals surface area contributed by atoms with E-state index in [1.165, 1.54) is 24.8 Å². The SMILES string of the molecule is COc1ccc(C2CCCCC2)c2c1cc1n2CC2=C(C(=O)NS(=O)(=O)CC(C)C)C2=C2C=CC[C@@H](C(=O)N3CC45COCC4(CN(C)C5)C3)C21. The molecule has 11 heteroatoms. The highest BCUT2D eigenvalue weighted by Gasteiger charge is 2.66. The standard InChI is InChI=1S/C40H50N4O6S/c1-24(2)17-51(47,48)41-37(45)35-30-16-44-31(15-29-32(49-4)14-13-26(36(29)44)25-9-6-5-7-10-25)33-27(34(30)35)11-8-12-28(33)38(46)43-20-39-18-42(3)19-40(39,21-43)23-50-22-39/h8,11,13-15,24-25,28,33H,5-7,9-10,12,16-23H2,1-4H3,(H,41,45)/t28-,33?,39?,40?/m1/s1. The maximum absolute atomic E-state index is 15.0. The molecule has 0 bridgehead atoms. The summed E-state index contributed by atoms with van der Waals surface area (Å²) in [5.41, 5.74) is 6.50. The largest absolute Gasteiger partial charge is 0.496 e. The van der Waals surface area contributed by atoms with Crippen LogP contribution in [0.5, 0.6) is 5.75 Å². The lowest BCUT2D eigenvalue weighted by atomic mass is 9.71. The molecule has 10 nitrogen and oxygen atoms in total. The van der Waals surface area contributed by atoms with Gasteiger partial charge in [0.1, 0.15) is 5.75 Å². The number of aromatic nitrogens is 1. The molecule has 51 heavy (non-hydrogen) atoms. The van der Waals surface area contributed by atoms with Gasteiger partial charge in [-0.05, 0) is 72.6 Å². The van der Waals surface area contributed by atoms with Gasteiger partial charge >= 0.3 is 0 Å². The van der Waals surface area contributed by atoms with Crippen molar-refractivity contribution in [3.05, 3.63) is 63.9 Å². The topological polar surface area (TPSA) is 110 Å². The molecular weight excluding hydrogens is 665 g/mol. The van der Waals surface area contributed by atoms with Crippen molar-refractivity contribution in [2.24, 2.45) is 22.7 Å². The number of carbonyl (C=O) groups is 2. The first-order valence-electron chi connectivity index (χ1n) is 18.9. The first-order valence-corrected chi connectivity index (χ1v) is 20.5. The number of ether oxygens (including phenoxy) is 2. The van der Waals surface area contributed by atoms with Crippen LogP contribution in [0.2, 0.25) is 0 Å². The second kappa shape index (κ2) is 11.8. The first kappa shape index (κ1) is 33.4. The Morgan fingerprint density at radius 2 is 1.78 bits per heavy atom. The van der Waals surface area contributed by atoms with Crippen molar-refractivity contribution in [1.82, 2.24) is 19.1 Å². The van der Waals surface area contributed by atoms with Crippen LogP contribution in [0.1, 0.15) is 75.5 Å². The van der Waals surface area contributed by atoms with Crippen LogP contribution in [-0.4, -0.2) is 93.9 Å². The number of fused-ring (bicyclic) bond motifs is 6.